The first kappa shape index (κ1) is 12.6. The minimum atomic E-state index is -0.0514. The molecule has 0 fully saturated rings. The number of Topliss-reactive ketones (excluding diaryl/α,β-unsaturated/α-hetero) is 1. The average molecular weight is 298 g/mol. The molecule has 0 bridgehead atoms. The van der Waals surface area contributed by atoms with Crippen LogP contribution < -0.4 is 5.73 Å². The molecule has 1 aromatic carbocycles. The second kappa shape index (κ2) is 5.19. The highest BCUT2D eigenvalue weighted by atomic mass is 79.9. The monoisotopic (exact) mass is 297 g/mol. The summed E-state index contributed by atoms with van der Waals surface area (Å²) in [5, 5.41) is 10.0. The van der Waals surface area contributed by atoms with Crippen molar-refractivity contribution < 1.29 is 9.90 Å². The summed E-state index contributed by atoms with van der Waals surface area (Å²) in [6.07, 6.45) is 4.38. The first-order chi connectivity index (χ1) is 8.15. The van der Waals surface area contributed by atoms with Crippen molar-refractivity contribution in [3.63, 3.8) is 0 Å². The maximum absolute atomic E-state index is 12.0. The number of halogens is 1. The third kappa shape index (κ3) is 2.38. The lowest BCUT2D eigenvalue weighted by Crippen LogP contribution is -2.14. The number of rotatable bonds is 3. The van der Waals surface area contributed by atoms with Crippen LogP contribution in [0.15, 0.2) is 10.5 Å². The number of fused-ring (bicyclic) bond motifs is 1. The van der Waals surface area contributed by atoms with Gasteiger partial charge in [-0.05, 0) is 65.4 Å². The number of ketones is 1. The van der Waals surface area contributed by atoms with E-state index in [9.17, 15) is 9.90 Å². The Labute approximate surface area is 109 Å². The fourth-order valence-electron chi connectivity index (χ4n) is 2.41. The molecule has 1 aliphatic rings. The number of carbonyl (C=O) groups excluding carboxylic acids is 1. The lowest BCUT2D eigenvalue weighted by molar-refractivity contribution is 0.0981. The molecular formula is C13H16BrNO2. The highest BCUT2D eigenvalue weighted by Gasteiger charge is 2.23. The van der Waals surface area contributed by atoms with E-state index >= 15 is 0 Å². The van der Waals surface area contributed by atoms with Gasteiger partial charge in [-0.1, -0.05) is 0 Å². The van der Waals surface area contributed by atoms with Gasteiger partial charge >= 0.3 is 0 Å². The van der Waals surface area contributed by atoms with Crippen LogP contribution in [0.3, 0.4) is 0 Å². The smallest absolute Gasteiger partial charge is 0.168 e. The third-order valence-corrected chi connectivity index (χ3v) is 3.83. The molecule has 3 N–H and O–H groups in total. The molecule has 17 heavy (non-hydrogen) atoms. The number of aromatic hydroxyl groups is 1. The van der Waals surface area contributed by atoms with Crippen LogP contribution >= 0.6 is 15.9 Å². The van der Waals surface area contributed by atoms with Gasteiger partial charge in [-0.3, -0.25) is 4.79 Å². The van der Waals surface area contributed by atoms with E-state index in [1.54, 1.807) is 0 Å². The van der Waals surface area contributed by atoms with Gasteiger partial charge in [-0.2, -0.15) is 0 Å². The van der Waals surface area contributed by atoms with E-state index in [0.717, 1.165) is 31.2 Å². The Morgan fingerprint density at radius 3 is 2.82 bits per heavy atom. The molecule has 0 atom stereocenters. The topological polar surface area (TPSA) is 63.3 Å². The number of hydrogen-bond donors (Lipinski definition) is 2. The zero-order valence-electron chi connectivity index (χ0n) is 9.63. The lowest BCUT2D eigenvalue weighted by Gasteiger charge is -2.20. The summed E-state index contributed by atoms with van der Waals surface area (Å²) in [4.78, 5) is 12.0. The van der Waals surface area contributed by atoms with Crippen LogP contribution in [-0.2, 0) is 12.8 Å². The van der Waals surface area contributed by atoms with Gasteiger partial charge in [0.1, 0.15) is 5.75 Å². The molecule has 4 heteroatoms. The second-order valence-electron chi connectivity index (χ2n) is 4.39. The Morgan fingerprint density at radius 1 is 1.41 bits per heavy atom. The highest BCUT2D eigenvalue weighted by Crippen LogP contribution is 2.37. The first-order valence-corrected chi connectivity index (χ1v) is 6.71. The molecule has 2 rings (SSSR count). The normalized spacial score (nSPS) is 14.5. The molecule has 1 aromatic rings. The molecule has 0 spiro atoms. The Kier molecular flexibility index (Phi) is 3.84. The zero-order valence-corrected chi connectivity index (χ0v) is 11.2. The zero-order chi connectivity index (χ0) is 12.4. The van der Waals surface area contributed by atoms with Gasteiger partial charge in [0.15, 0.2) is 5.78 Å². The van der Waals surface area contributed by atoms with Crippen molar-refractivity contribution in [2.45, 2.75) is 32.1 Å². The van der Waals surface area contributed by atoms with E-state index in [4.69, 9.17) is 5.73 Å². The lowest BCUT2D eigenvalue weighted by atomic mass is 9.86. The van der Waals surface area contributed by atoms with Crippen molar-refractivity contribution in [1.29, 1.82) is 0 Å². The van der Waals surface area contributed by atoms with Gasteiger partial charge in [0.05, 0.1) is 10.0 Å². The second-order valence-corrected chi connectivity index (χ2v) is 5.24. The van der Waals surface area contributed by atoms with E-state index in [1.165, 1.54) is 5.56 Å². The molecule has 0 aromatic heterocycles. The summed E-state index contributed by atoms with van der Waals surface area (Å²) in [6, 6.07) is 1.93. The van der Waals surface area contributed by atoms with Crippen molar-refractivity contribution in [2.24, 2.45) is 5.73 Å². The van der Waals surface area contributed by atoms with Crippen molar-refractivity contribution in [3.05, 3.63) is 27.2 Å². The molecule has 0 unspecified atom stereocenters. The maximum Gasteiger partial charge on any atom is 0.168 e. The minimum Gasteiger partial charge on any atom is -0.506 e. The summed E-state index contributed by atoms with van der Waals surface area (Å²) in [5.74, 6) is 0.0218. The van der Waals surface area contributed by atoms with E-state index in [0.29, 0.717) is 16.6 Å². The number of benzene rings is 1. The number of nitrogens with two attached hydrogens (primary N) is 1. The van der Waals surface area contributed by atoms with E-state index in [-0.39, 0.29) is 18.0 Å². The number of aryl methyl sites for hydroxylation is 1. The molecule has 0 amide bonds. The van der Waals surface area contributed by atoms with E-state index in [2.05, 4.69) is 15.9 Å². The fraction of sp³-hybridized carbons (Fsp3) is 0.462. The molecule has 92 valence electrons. The number of carbonyl (C=O) groups is 1. The Balaban J connectivity index is 2.54. The third-order valence-electron chi connectivity index (χ3n) is 3.23. The fourth-order valence-corrected chi connectivity index (χ4v) is 2.89. The SMILES string of the molecule is NCCC(=O)c1c(O)c(Br)cc2c1CCCC2. The number of hydrogen-bond acceptors (Lipinski definition) is 3. The Morgan fingerprint density at radius 2 is 2.12 bits per heavy atom. The van der Waals surface area contributed by atoms with Gasteiger partial charge in [0, 0.05) is 6.42 Å². The summed E-state index contributed by atoms with van der Waals surface area (Å²) in [7, 11) is 0. The summed E-state index contributed by atoms with van der Waals surface area (Å²) in [6.45, 7) is 0.319. The van der Waals surface area contributed by atoms with Crippen LogP contribution in [0.25, 0.3) is 0 Å². The van der Waals surface area contributed by atoms with Crippen molar-refractivity contribution in [3.8, 4) is 5.75 Å². The van der Waals surface area contributed by atoms with Crippen LogP contribution in [-0.4, -0.2) is 17.4 Å². The quantitative estimate of drug-likeness (QED) is 0.843. The van der Waals surface area contributed by atoms with Crippen molar-refractivity contribution >= 4 is 21.7 Å². The molecule has 0 aliphatic heterocycles. The maximum atomic E-state index is 12.0. The number of phenolic OH excluding ortho intramolecular Hbond substituents is 1. The van der Waals surface area contributed by atoms with Crippen LogP contribution in [0, 0.1) is 0 Å². The van der Waals surface area contributed by atoms with E-state index < -0.39 is 0 Å². The average Bonchev–Trinajstić information content (AvgIpc) is 2.31. The summed E-state index contributed by atoms with van der Waals surface area (Å²) in [5.41, 5.74) is 8.11. The Hall–Kier alpha value is -0.870. The summed E-state index contributed by atoms with van der Waals surface area (Å²) < 4.78 is 0.610. The predicted molar refractivity (Wildman–Crippen MR) is 70.5 cm³/mol. The number of phenols is 1. The largest absolute Gasteiger partial charge is 0.506 e. The minimum absolute atomic E-state index is 0.0514. The van der Waals surface area contributed by atoms with Gasteiger partial charge in [0.2, 0.25) is 0 Å². The van der Waals surface area contributed by atoms with Gasteiger partial charge in [-0.15, -0.1) is 0 Å². The van der Waals surface area contributed by atoms with Crippen molar-refractivity contribution in [1.82, 2.24) is 0 Å². The molecular weight excluding hydrogens is 282 g/mol. The van der Waals surface area contributed by atoms with Gasteiger partial charge in [-0.25, -0.2) is 0 Å². The standard InChI is InChI=1S/C13H16BrNO2/c14-10-7-8-3-1-2-4-9(8)12(13(10)17)11(16)5-6-15/h7,17H,1-6,15H2. The van der Waals surface area contributed by atoms with Crippen LogP contribution in [0.2, 0.25) is 0 Å². The van der Waals surface area contributed by atoms with Gasteiger partial charge in [0.25, 0.3) is 0 Å². The molecule has 0 radical (unpaired) electrons. The van der Waals surface area contributed by atoms with Crippen LogP contribution in [0.1, 0.15) is 40.7 Å². The van der Waals surface area contributed by atoms with E-state index in [1.807, 2.05) is 6.07 Å². The van der Waals surface area contributed by atoms with Crippen LogP contribution in [0.5, 0.6) is 5.75 Å². The first-order valence-electron chi connectivity index (χ1n) is 5.91. The molecule has 0 saturated heterocycles. The van der Waals surface area contributed by atoms with Crippen molar-refractivity contribution in [2.75, 3.05) is 6.54 Å². The summed E-state index contributed by atoms with van der Waals surface area (Å²) >= 11 is 3.31. The molecule has 0 heterocycles. The molecule has 0 saturated carbocycles. The van der Waals surface area contributed by atoms with Crippen LogP contribution in [0.4, 0.5) is 0 Å². The molecule has 3 nitrogen and oxygen atoms in total. The Bertz CT molecular complexity index is 457. The predicted octanol–water partition coefficient (Wildman–Crippen LogP) is 2.57. The van der Waals surface area contributed by atoms with Gasteiger partial charge < -0.3 is 10.8 Å². The molecule has 1 aliphatic carbocycles. The highest BCUT2D eigenvalue weighted by molar-refractivity contribution is 9.10.